The molecule has 0 bridgehead atoms. The first kappa shape index (κ1) is 14.6. The van der Waals surface area contributed by atoms with Crippen LogP contribution in [0.2, 0.25) is 0 Å². The van der Waals surface area contributed by atoms with E-state index in [2.05, 4.69) is 59.7 Å². The Morgan fingerprint density at radius 2 is 2.12 bits per heavy atom. The van der Waals surface area contributed by atoms with E-state index >= 15 is 0 Å². The van der Waals surface area contributed by atoms with Crippen LogP contribution in [-0.2, 0) is 0 Å². The fourth-order valence-electron chi connectivity index (χ4n) is 1.80. The highest BCUT2D eigenvalue weighted by Crippen LogP contribution is 2.28. The molecule has 0 saturated heterocycles. The van der Waals surface area contributed by atoms with E-state index in [0.717, 1.165) is 16.5 Å². The second kappa shape index (κ2) is 5.94. The lowest BCUT2D eigenvalue weighted by atomic mass is 9.95. The molecule has 0 aliphatic heterocycles. The molecule has 0 spiro atoms. The van der Waals surface area contributed by atoms with E-state index in [0.29, 0.717) is 6.54 Å². The van der Waals surface area contributed by atoms with Crippen LogP contribution < -0.4 is 5.73 Å². The molecule has 1 aromatic rings. The highest BCUT2D eigenvalue weighted by Gasteiger charge is 2.28. The van der Waals surface area contributed by atoms with E-state index in [4.69, 9.17) is 5.73 Å². The smallest absolute Gasteiger partial charge is 0.0488 e. The lowest BCUT2D eigenvalue weighted by Gasteiger charge is -2.40. The maximum absolute atomic E-state index is 5.92. The Morgan fingerprint density at radius 3 is 2.59 bits per heavy atom. The van der Waals surface area contributed by atoms with Crippen molar-refractivity contribution in [3.8, 4) is 0 Å². The molecule has 0 saturated carbocycles. The van der Waals surface area contributed by atoms with Crippen molar-refractivity contribution in [2.45, 2.75) is 38.8 Å². The van der Waals surface area contributed by atoms with Crippen LogP contribution in [0.5, 0.6) is 0 Å². The predicted molar refractivity (Wildman–Crippen MR) is 75.9 cm³/mol. The van der Waals surface area contributed by atoms with Gasteiger partial charge in [-0.15, -0.1) is 0 Å². The van der Waals surface area contributed by atoms with Gasteiger partial charge in [0.25, 0.3) is 0 Å². The summed E-state index contributed by atoms with van der Waals surface area (Å²) in [5, 5.41) is 0. The van der Waals surface area contributed by atoms with Gasteiger partial charge < -0.3 is 5.73 Å². The molecule has 1 atom stereocenters. The van der Waals surface area contributed by atoms with Gasteiger partial charge in [-0.1, -0.05) is 6.92 Å². The van der Waals surface area contributed by atoms with Gasteiger partial charge in [0.1, 0.15) is 0 Å². The number of nitrogens with zero attached hydrogens (tertiary/aromatic N) is 2. The number of likely N-dealkylation sites (N-methyl/N-ethyl adjacent to an activating group) is 1. The number of nitrogens with two attached hydrogens (primary N) is 1. The summed E-state index contributed by atoms with van der Waals surface area (Å²) in [6.45, 7) is 7.27. The zero-order valence-electron chi connectivity index (χ0n) is 11.1. The van der Waals surface area contributed by atoms with Gasteiger partial charge in [-0.3, -0.25) is 9.88 Å². The molecule has 1 aromatic heterocycles. The zero-order chi connectivity index (χ0) is 13.1. The third kappa shape index (κ3) is 3.50. The van der Waals surface area contributed by atoms with Crippen LogP contribution in [0.1, 0.15) is 38.8 Å². The molecule has 1 unspecified atom stereocenters. The van der Waals surface area contributed by atoms with E-state index in [9.17, 15) is 0 Å². The van der Waals surface area contributed by atoms with Crippen LogP contribution in [0.4, 0.5) is 0 Å². The Morgan fingerprint density at radius 1 is 1.47 bits per heavy atom. The summed E-state index contributed by atoms with van der Waals surface area (Å²) in [5.41, 5.74) is 7.21. The average Bonchev–Trinajstić information content (AvgIpc) is 2.30. The molecule has 96 valence electrons. The molecule has 0 radical (unpaired) electrons. The SMILES string of the molecule is CCC(C)(C)N(C)C(CN)c1cncc(Br)c1. The quantitative estimate of drug-likeness (QED) is 0.909. The third-order valence-corrected chi connectivity index (χ3v) is 4.06. The highest BCUT2D eigenvalue weighted by molar-refractivity contribution is 9.10. The van der Waals surface area contributed by atoms with Crippen molar-refractivity contribution in [2.75, 3.05) is 13.6 Å². The molecule has 0 aliphatic rings. The average molecular weight is 300 g/mol. The normalized spacial score (nSPS) is 14.1. The minimum Gasteiger partial charge on any atom is -0.329 e. The first-order valence-electron chi connectivity index (χ1n) is 5.95. The van der Waals surface area contributed by atoms with E-state index in [1.807, 2.05) is 6.20 Å². The number of halogens is 1. The fraction of sp³-hybridized carbons (Fsp3) is 0.615. The van der Waals surface area contributed by atoms with E-state index in [1.54, 1.807) is 6.20 Å². The molecule has 0 amide bonds. The Hall–Kier alpha value is -0.450. The first-order chi connectivity index (χ1) is 7.92. The number of rotatable bonds is 5. The molecule has 0 aromatic carbocycles. The van der Waals surface area contributed by atoms with Crippen LogP contribution in [0, 0.1) is 0 Å². The van der Waals surface area contributed by atoms with Crippen LogP contribution >= 0.6 is 15.9 Å². The van der Waals surface area contributed by atoms with Gasteiger partial charge in [-0.05, 0) is 54.9 Å². The van der Waals surface area contributed by atoms with Gasteiger partial charge >= 0.3 is 0 Å². The zero-order valence-corrected chi connectivity index (χ0v) is 12.7. The Balaban J connectivity index is 2.99. The van der Waals surface area contributed by atoms with Crippen molar-refractivity contribution in [1.82, 2.24) is 9.88 Å². The Labute approximate surface area is 113 Å². The van der Waals surface area contributed by atoms with Crippen LogP contribution in [0.25, 0.3) is 0 Å². The van der Waals surface area contributed by atoms with Gasteiger partial charge in [0, 0.05) is 35.0 Å². The molecule has 1 rings (SSSR count). The lowest BCUT2D eigenvalue weighted by molar-refractivity contribution is 0.100. The van der Waals surface area contributed by atoms with Crippen LogP contribution in [0.3, 0.4) is 0 Å². The monoisotopic (exact) mass is 299 g/mol. The minimum absolute atomic E-state index is 0.131. The van der Waals surface area contributed by atoms with Crippen molar-refractivity contribution in [3.05, 3.63) is 28.5 Å². The molecule has 0 aliphatic carbocycles. The fourth-order valence-corrected chi connectivity index (χ4v) is 2.18. The molecular formula is C13H22BrN3. The van der Waals surface area contributed by atoms with Crippen molar-refractivity contribution in [1.29, 1.82) is 0 Å². The predicted octanol–water partition coefficient (Wildman–Crippen LogP) is 2.96. The van der Waals surface area contributed by atoms with Crippen molar-refractivity contribution in [3.63, 3.8) is 0 Å². The topological polar surface area (TPSA) is 42.1 Å². The van der Waals surface area contributed by atoms with Gasteiger partial charge in [0.05, 0.1) is 0 Å². The van der Waals surface area contributed by atoms with Crippen molar-refractivity contribution < 1.29 is 0 Å². The third-order valence-electron chi connectivity index (χ3n) is 3.62. The van der Waals surface area contributed by atoms with Gasteiger partial charge in [-0.2, -0.15) is 0 Å². The molecule has 4 heteroatoms. The molecule has 1 heterocycles. The van der Waals surface area contributed by atoms with Crippen LogP contribution in [-0.4, -0.2) is 29.0 Å². The summed E-state index contributed by atoms with van der Waals surface area (Å²) >= 11 is 3.45. The summed E-state index contributed by atoms with van der Waals surface area (Å²) in [6.07, 6.45) is 4.77. The maximum Gasteiger partial charge on any atom is 0.0488 e. The summed E-state index contributed by atoms with van der Waals surface area (Å²) in [7, 11) is 2.13. The van der Waals surface area contributed by atoms with Gasteiger partial charge in [0.15, 0.2) is 0 Å². The minimum atomic E-state index is 0.131. The molecule has 0 fully saturated rings. The highest BCUT2D eigenvalue weighted by atomic mass is 79.9. The lowest BCUT2D eigenvalue weighted by Crippen LogP contribution is -2.45. The second-order valence-corrected chi connectivity index (χ2v) is 5.88. The second-order valence-electron chi connectivity index (χ2n) is 4.96. The summed E-state index contributed by atoms with van der Waals surface area (Å²) < 4.78 is 0.996. The molecule has 2 N–H and O–H groups in total. The summed E-state index contributed by atoms with van der Waals surface area (Å²) in [6, 6.07) is 2.29. The van der Waals surface area contributed by atoms with Gasteiger partial charge in [-0.25, -0.2) is 0 Å². The maximum atomic E-state index is 5.92. The molecule has 3 nitrogen and oxygen atoms in total. The van der Waals surface area contributed by atoms with E-state index < -0.39 is 0 Å². The number of pyridine rings is 1. The summed E-state index contributed by atoms with van der Waals surface area (Å²) in [5.74, 6) is 0. The van der Waals surface area contributed by atoms with Crippen molar-refractivity contribution in [2.24, 2.45) is 5.73 Å². The summed E-state index contributed by atoms with van der Waals surface area (Å²) in [4.78, 5) is 6.54. The number of aromatic nitrogens is 1. The van der Waals surface area contributed by atoms with Crippen LogP contribution in [0.15, 0.2) is 22.9 Å². The standard InChI is InChI=1S/C13H22BrN3/c1-5-13(2,3)17(4)12(7-15)10-6-11(14)9-16-8-10/h6,8-9,12H,5,7,15H2,1-4H3. The number of hydrogen-bond acceptors (Lipinski definition) is 3. The molecule has 17 heavy (non-hydrogen) atoms. The van der Waals surface area contributed by atoms with Gasteiger partial charge in [0.2, 0.25) is 0 Å². The first-order valence-corrected chi connectivity index (χ1v) is 6.75. The largest absolute Gasteiger partial charge is 0.329 e. The van der Waals surface area contributed by atoms with E-state index in [1.165, 1.54) is 0 Å². The Bertz CT molecular complexity index is 365. The molecular weight excluding hydrogens is 278 g/mol. The Kier molecular flexibility index (Phi) is 5.10. The van der Waals surface area contributed by atoms with E-state index in [-0.39, 0.29) is 11.6 Å². The van der Waals surface area contributed by atoms with Crippen molar-refractivity contribution >= 4 is 15.9 Å². The number of hydrogen-bond donors (Lipinski definition) is 1.